The Hall–Kier alpha value is -2.38. The zero-order chi connectivity index (χ0) is 14.8. The van der Waals surface area contributed by atoms with E-state index in [1.165, 1.54) is 12.3 Å². The van der Waals surface area contributed by atoms with E-state index in [0.717, 1.165) is 23.1 Å². The highest BCUT2D eigenvalue weighted by molar-refractivity contribution is 5.88. The molecule has 0 aliphatic carbocycles. The number of hydrogen-bond acceptors (Lipinski definition) is 4. The van der Waals surface area contributed by atoms with Gasteiger partial charge < -0.3 is 4.74 Å². The first-order valence-corrected chi connectivity index (χ1v) is 5.68. The van der Waals surface area contributed by atoms with Crippen molar-refractivity contribution in [3.8, 4) is 5.82 Å². The molecule has 0 bridgehead atoms. The van der Waals surface area contributed by atoms with Gasteiger partial charge in [-0.25, -0.2) is 14.5 Å². The van der Waals surface area contributed by atoms with Crippen LogP contribution < -0.4 is 0 Å². The molecule has 0 saturated heterocycles. The van der Waals surface area contributed by atoms with Gasteiger partial charge in [-0.15, -0.1) is 0 Å². The van der Waals surface area contributed by atoms with E-state index in [4.69, 9.17) is 4.74 Å². The molecule has 0 aliphatic heterocycles. The summed E-state index contributed by atoms with van der Waals surface area (Å²) in [7, 11) is 0. The Morgan fingerprint density at radius 3 is 2.85 bits per heavy atom. The highest BCUT2D eigenvalue weighted by Crippen LogP contribution is 2.32. The van der Waals surface area contributed by atoms with Gasteiger partial charge in [-0.1, -0.05) is 0 Å². The van der Waals surface area contributed by atoms with Crippen LogP contribution in [0.4, 0.5) is 13.2 Å². The molecule has 0 aromatic carbocycles. The number of aromatic nitrogens is 3. The molecular formula is C12H10F3N3O2. The lowest BCUT2D eigenvalue weighted by molar-refractivity contribution is -0.137. The number of esters is 1. The molecule has 0 amide bonds. The maximum absolute atomic E-state index is 12.8. The summed E-state index contributed by atoms with van der Waals surface area (Å²) in [6.45, 7) is 1.80. The second-order valence-corrected chi connectivity index (χ2v) is 3.77. The Morgan fingerprint density at radius 2 is 2.20 bits per heavy atom. The highest BCUT2D eigenvalue weighted by Gasteiger charge is 2.35. The fraction of sp³-hybridized carbons (Fsp3) is 0.250. The second kappa shape index (κ2) is 5.32. The van der Waals surface area contributed by atoms with Gasteiger partial charge in [-0.05, 0) is 19.1 Å². The van der Waals surface area contributed by atoms with E-state index in [2.05, 4.69) is 10.1 Å². The lowest BCUT2D eigenvalue weighted by Crippen LogP contribution is -2.12. The molecule has 8 heteroatoms. The topological polar surface area (TPSA) is 57.0 Å². The Balaban J connectivity index is 2.41. The smallest absolute Gasteiger partial charge is 0.420 e. The molecule has 0 atom stereocenters. The van der Waals surface area contributed by atoms with Crippen molar-refractivity contribution in [2.24, 2.45) is 0 Å². The van der Waals surface area contributed by atoms with Gasteiger partial charge in [0.25, 0.3) is 0 Å². The first-order valence-electron chi connectivity index (χ1n) is 5.68. The van der Waals surface area contributed by atoms with Gasteiger partial charge in [0.15, 0.2) is 5.82 Å². The quantitative estimate of drug-likeness (QED) is 0.813. The van der Waals surface area contributed by atoms with Crippen LogP contribution in [0.5, 0.6) is 0 Å². The molecule has 0 aliphatic rings. The molecule has 0 N–H and O–H groups in total. The molecule has 20 heavy (non-hydrogen) atoms. The predicted octanol–water partition coefficient (Wildman–Crippen LogP) is 2.46. The van der Waals surface area contributed by atoms with Crippen LogP contribution in [0, 0.1) is 0 Å². The number of ether oxygens (including phenoxy) is 1. The third-order valence-electron chi connectivity index (χ3n) is 2.40. The normalized spacial score (nSPS) is 11.4. The van der Waals surface area contributed by atoms with Crippen LogP contribution in [0.15, 0.2) is 30.7 Å². The standard InChI is InChI=1S/C12H10F3N3O2/c1-2-20-11(19)8-6-17-18(7-8)10-9(12(13,14)15)4-3-5-16-10/h3-7H,2H2,1H3. The molecule has 2 aromatic rings. The lowest BCUT2D eigenvalue weighted by atomic mass is 10.2. The third-order valence-corrected chi connectivity index (χ3v) is 2.40. The molecule has 0 unspecified atom stereocenters. The predicted molar refractivity (Wildman–Crippen MR) is 62.3 cm³/mol. The summed E-state index contributed by atoms with van der Waals surface area (Å²) in [6, 6.07) is 2.08. The lowest BCUT2D eigenvalue weighted by Gasteiger charge is -2.10. The van der Waals surface area contributed by atoms with Crippen LogP contribution in [0.1, 0.15) is 22.8 Å². The fourth-order valence-electron chi connectivity index (χ4n) is 1.56. The Kier molecular flexibility index (Phi) is 3.73. The largest absolute Gasteiger partial charge is 0.462 e. The zero-order valence-corrected chi connectivity index (χ0v) is 10.4. The molecule has 106 valence electrons. The number of halogens is 3. The second-order valence-electron chi connectivity index (χ2n) is 3.77. The summed E-state index contributed by atoms with van der Waals surface area (Å²) in [5.74, 6) is -1.04. The highest BCUT2D eigenvalue weighted by atomic mass is 19.4. The third kappa shape index (κ3) is 2.79. The van der Waals surface area contributed by atoms with Crippen LogP contribution in [0.25, 0.3) is 5.82 Å². The van der Waals surface area contributed by atoms with Crippen molar-refractivity contribution >= 4 is 5.97 Å². The number of carbonyl (C=O) groups is 1. The molecular weight excluding hydrogens is 275 g/mol. The van der Waals surface area contributed by atoms with Gasteiger partial charge in [0, 0.05) is 12.4 Å². The van der Waals surface area contributed by atoms with Crippen molar-refractivity contribution in [2.75, 3.05) is 6.61 Å². The van der Waals surface area contributed by atoms with Gasteiger partial charge in [0.1, 0.15) is 5.56 Å². The number of rotatable bonds is 3. The maximum atomic E-state index is 12.8. The van der Waals surface area contributed by atoms with E-state index >= 15 is 0 Å². The minimum absolute atomic E-state index is 0.0608. The summed E-state index contributed by atoms with van der Waals surface area (Å²) < 4.78 is 44.2. The van der Waals surface area contributed by atoms with E-state index < -0.39 is 23.5 Å². The number of hydrogen-bond donors (Lipinski definition) is 0. The average molecular weight is 285 g/mol. The van der Waals surface area contributed by atoms with Crippen LogP contribution in [-0.2, 0) is 10.9 Å². The van der Waals surface area contributed by atoms with Crippen LogP contribution in [-0.4, -0.2) is 27.3 Å². The van der Waals surface area contributed by atoms with Gasteiger partial charge in [-0.3, -0.25) is 0 Å². The first kappa shape index (κ1) is 14.0. The number of carbonyl (C=O) groups excluding carboxylic acids is 1. The summed E-state index contributed by atoms with van der Waals surface area (Å²) >= 11 is 0. The van der Waals surface area contributed by atoms with Crippen molar-refractivity contribution in [2.45, 2.75) is 13.1 Å². The van der Waals surface area contributed by atoms with E-state index in [1.807, 2.05) is 0 Å². The Bertz CT molecular complexity index is 622. The molecule has 0 spiro atoms. The van der Waals surface area contributed by atoms with Gasteiger partial charge in [0.05, 0.1) is 18.4 Å². The maximum Gasteiger partial charge on any atom is 0.420 e. The van der Waals surface area contributed by atoms with E-state index in [9.17, 15) is 18.0 Å². The number of pyridine rings is 1. The molecule has 0 saturated carbocycles. The van der Waals surface area contributed by atoms with E-state index in [-0.39, 0.29) is 12.2 Å². The summed E-state index contributed by atoms with van der Waals surface area (Å²) in [5, 5.41) is 3.72. The first-order chi connectivity index (χ1) is 9.43. The molecule has 5 nitrogen and oxygen atoms in total. The Labute approximate surface area is 112 Å². The molecule has 0 fully saturated rings. The van der Waals surface area contributed by atoms with Crippen molar-refractivity contribution in [1.29, 1.82) is 0 Å². The van der Waals surface area contributed by atoms with Gasteiger partial charge in [-0.2, -0.15) is 18.3 Å². The van der Waals surface area contributed by atoms with Crippen molar-refractivity contribution in [3.63, 3.8) is 0 Å². The van der Waals surface area contributed by atoms with Crippen molar-refractivity contribution in [3.05, 3.63) is 41.9 Å². The van der Waals surface area contributed by atoms with Crippen LogP contribution >= 0.6 is 0 Å². The summed E-state index contributed by atoms with van der Waals surface area (Å²) in [5.41, 5.74) is -0.871. The van der Waals surface area contributed by atoms with Crippen LogP contribution in [0.2, 0.25) is 0 Å². The minimum atomic E-state index is -4.56. The van der Waals surface area contributed by atoms with Crippen molar-refractivity contribution in [1.82, 2.24) is 14.8 Å². The van der Waals surface area contributed by atoms with E-state index in [0.29, 0.717) is 0 Å². The average Bonchev–Trinajstić information content (AvgIpc) is 2.87. The molecule has 2 aromatic heterocycles. The zero-order valence-electron chi connectivity index (χ0n) is 10.4. The minimum Gasteiger partial charge on any atom is -0.462 e. The van der Waals surface area contributed by atoms with Gasteiger partial charge >= 0.3 is 12.1 Å². The van der Waals surface area contributed by atoms with E-state index in [1.54, 1.807) is 6.92 Å². The summed E-state index contributed by atoms with van der Waals surface area (Å²) in [6.07, 6.45) is -1.06. The van der Waals surface area contributed by atoms with Gasteiger partial charge in [0.2, 0.25) is 0 Å². The monoisotopic (exact) mass is 285 g/mol. The van der Waals surface area contributed by atoms with Crippen LogP contribution in [0.3, 0.4) is 0 Å². The summed E-state index contributed by atoms with van der Waals surface area (Å²) in [4.78, 5) is 15.1. The molecule has 0 radical (unpaired) electrons. The number of alkyl halides is 3. The number of nitrogens with zero attached hydrogens (tertiary/aromatic N) is 3. The SMILES string of the molecule is CCOC(=O)c1cnn(-c2ncccc2C(F)(F)F)c1. The molecule has 2 rings (SSSR count). The fourth-order valence-corrected chi connectivity index (χ4v) is 1.56. The Morgan fingerprint density at radius 1 is 1.45 bits per heavy atom. The molecule has 2 heterocycles. The van der Waals surface area contributed by atoms with Crippen molar-refractivity contribution < 1.29 is 22.7 Å².